The predicted octanol–water partition coefficient (Wildman–Crippen LogP) is 1.83. The van der Waals surface area contributed by atoms with E-state index >= 15 is 0 Å². The minimum absolute atomic E-state index is 0.522. The molecule has 0 aliphatic carbocycles. The lowest BCUT2D eigenvalue weighted by Gasteiger charge is -2.24. The first kappa shape index (κ1) is 12.2. The molecule has 2 heterocycles. The van der Waals surface area contributed by atoms with Gasteiger partial charge in [-0.15, -0.1) is 0 Å². The lowest BCUT2D eigenvalue weighted by atomic mass is 9.98. The molecule has 1 saturated heterocycles. The molecule has 1 aromatic rings. The Morgan fingerprint density at radius 1 is 1.41 bits per heavy atom. The van der Waals surface area contributed by atoms with E-state index in [0.717, 1.165) is 38.0 Å². The number of methoxy groups -OCH3 is 1. The van der Waals surface area contributed by atoms with Crippen LogP contribution in [0.4, 0.5) is 5.69 Å². The molecule has 0 radical (unpaired) electrons. The Labute approximate surface area is 102 Å². The fraction of sp³-hybridized carbons (Fsp3) is 0.615. The van der Waals surface area contributed by atoms with Gasteiger partial charge in [0.05, 0.1) is 12.7 Å². The summed E-state index contributed by atoms with van der Waals surface area (Å²) in [5.41, 5.74) is 0.598. The van der Waals surface area contributed by atoms with Gasteiger partial charge in [0.25, 0.3) is 0 Å². The molecule has 1 aromatic heterocycles. The Hall–Kier alpha value is -1.29. The van der Waals surface area contributed by atoms with Gasteiger partial charge in [0, 0.05) is 31.0 Å². The number of pyridine rings is 1. The minimum Gasteiger partial charge on any atom is -0.481 e. The van der Waals surface area contributed by atoms with Crippen molar-refractivity contribution in [3.05, 3.63) is 18.3 Å². The highest BCUT2D eigenvalue weighted by Gasteiger charge is 2.25. The summed E-state index contributed by atoms with van der Waals surface area (Å²) >= 11 is 0. The Morgan fingerprint density at radius 2 is 2.24 bits per heavy atom. The number of aromatic nitrogens is 1. The molecule has 0 amide bonds. The monoisotopic (exact) mass is 236 g/mol. The molecule has 0 aromatic carbocycles. The zero-order valence-corrected chi connectivity index (χ0v) is 10.5. The van der Waals surface area contributed by atoms with Crippen molar-refractivity contribution in [2.24, 2.45) is 0 Å². The van der Waals surface area contributed by atoms with Crippen LogP contribution in [0.1, 0.15) is 26.2 Å². The zero-order valence-electron chi connectivity index (χ0n) is 10.5. The minimum atomic E-state index is -0.522. The fourth-order valence-corrected chi connectivity index (χ4v) is 2.23. The van der Waals surface area contributed by atoms with Crippen molar-refractivity contribution >= 4 is 5.69 Å². The van der Waals surface area contributed by atoms with E-state index in [-0.39, 0.29) is 0 Å². The van der Waals surface area contributed by atoms with Gasteiger partial charge < -0.3 is 14.7 Å². The molecule has 94 valence electrons. The largest absolute Gasteiger partial charge is 0.481 e. The van der Waals surface area contributed by atoms with Crippen molar-refractivity contribution in [2.75, 3.05) is 25.1 Å². The van der Waals surface area contributed by atoms with Crippen LogP contribution in [0, 0.1) is 0 Å². The Balaban J connectivity index is 2.11. The third kappa shape index (κ3) is 3.09. The second-order valence-electron chi connectivity index (χ2n) is 4.89. The lowest BCUT2D eigenvalue weighted by Crippen LogP contribution is -2.28. The summed E-state index contributed by atoms with van der Waals surface area (Å²) in [5.74, 6) is 0.638. The van der Waals surface area contributed by atoms with E-state index < -0.39 is 5.60 Å². The SMILES string of the molecule is COc1cc(N2CCCC(C)(O)CC2)ccn1. The predicted molar refractivity (Wildman–Crippen MR) is 67.5 cm³/mol. The molecule has 2 rings (SSSR count). The number of hydrogen-bond acceptors (Lipinski definition) is 4. The Morgan fingerprint density at radius 3 is 3.00 bits per heavy atom. The van der Waals surface area contributed by atoms with Crippen molar-refractivity contribution in [2.45, 2.75) is 31.8 Å². The van der Waals surface area contributed by atoms with E-state index in [1.54, 1.807) is 13.3 Å². The van der Waals surface area contributed by atoms with Crippen LogP contribution in [0.25, 0.3) is 0 Å². The van der Waals surface area contributed by atoms with E-state index in [4.69, 9.17) is 4.74 Å². The average molecular weight is 236 g/mol. The number of aliphatic hydroxyl groups is 1. The van der Waals surface area contributed by atoms with Crippen LogP contribution in [0.15, 0.2) is 18.3 Å². The molecule has 1 unspecified atom stereocenters. The number of hydrogen-bond donors (Lipinski definition) is 1. The van der Waals surface area contributed by atoms with Crippen LogP contribution in [0.2, 0.25) is 0 Å². The molecule has 1 aliphatic rings. The fourth-order valence-electron chi connectivity index (χ4n) is 2.23. The third-order valence-corrected chi connectivity index (χ3v) is 3.36. The van der Waals surface area contributed by atoms with Crippen molar-refractivity contribution < 1.29 is 9.84 Å². The smallest absolute Gasteiger partial charge is 0.214 e. The summed E-state index contributed by atoms with van der Waals surface area (Å²) < 4.78 is 5.13. The van der Waals surface area contributed by atoms with E-state index in [9.17, 15) is 5.11 Å². The maximum absolute atomic E-state index is 10.1. The zero-order chi connectivity index (χ0) is 12.3. The first-order valence-electron chi connectivity index (χ1n) is 6.08. The second-order valence-corrected chi connectivity index (χ2v) is 4.89. The van der Waals surface area contributed by atoms with Gasteiger partial charge in [-0.2, -0.15) is 0 Å². The van der Waals surface area contributed by atoms with Crippen LogP contribution in [-0.2, 0) is 0 Å². The first-order valence-corrected chi connectivity index (χ1v) is 6.08. The van der Waals surface area contributed by atoms with Crippen LogP contribution < -0.4 is 9.64 Å². The molecule has 0 saturated carbocycles. The number of nitrogens with zero attached hydrogens (tertiary/aromatic N) is 2. The molecule has 0 spiro atoms. The molecular weight excluding hydrogens is 216 g/mol. The second kappa shape index (κ2) is 4.92. The molecule has 1 fully saturated rings. The average Bonchev–Trinajstić information content (AvgIpc) is 2.50. The van der Waals surface area contributed by atoms with E-state index in [0.29, 0.717) is 5.88 Å². The van der Waals surface area contributed by atoms with Gasteiger partial charge in [0.15, 0.2) is 0 Å². The maximum atomic E-state index is 10.1. The lowest BCUT2D eigenvalue weighted by molar-refractivity contribution is 0.0481. The quantitative estimate of drug-likeness (QED) is 0.851. The molecule has 1 N–H and O–H groups in total. The van der Waals surface area contributed by atoms with Crippen molar-refractivity contribution in [3.8, 4) is 5.88 Å². The summed E-state index contributed by atoms with van der Waals surface area (Å²) in [7, 11) is 1.62. The topological polar surface area (TPSA) is 45.6 Å². The highest BCUT2D eigenvalue weighted by Crippen LogP contribution is 2.26. The highest BCUT2D eigenvalue weighted by atomic mass is 16.5. The molecule has 0 bridgehead atoms. The normalized spacial score (nSPS) is 25.5. The Kier molecular flexibility index (Phi) is 3.52. The highest BCUT2D eigenvalue weighted by molar-refractivity contribution is 5.48. The third-order valence-electron chi connectivity index (χ3n) is 3.36. The summed E-state index contributed by atoms with van der Waals surface area (Å²) in [4.78, 5) is 6.39. The van der Waals surface area contributed by atoms with Gasteiger partial charge in [-0.1, -0.05) is 0 Å². The number of ether oxygens (including phenoxy) is 1. The van der Waals surface area contributed by atoms with E-state index in [2.05, 4.69) is 9.88 Å². The molecule has 1 aliphatic heterocycles. The summed E-state index contributed by atoms with van der Waals surface area (Å²) in [6.07, 6.45) is 4.44. The van der Waals surface area contributed by atoms with Crippen molar-refractivity contribution in [1.29, 1.82) is 0 Å². The van der Waals surface area contributed by atoms with Gasteiger partial charge in [-0.25, -0.2) is 4.98 Å². The molecule has 17 heavy (non-hydrogen) atoms. The maximum Gasteiger partial charge on any atom is 0.214 e. The van der Waals surface area contributed by atoms with Crippen LogP contribution in [-0.4, -0.2) is 35.9 Å². The van der Waals surface area contributed by atoms with Crippen molar-refractivity contribution in [3.63, 3.8) is 0 Å². The van der Waals surface area contributed by atoms with Gasteiger partial charge >= 0.3 is 0 Å². The number of anilines is 1. The number of rotatable bonds is 2. The van der Waals surface area contributed by atoms with Crippen LogP contribution in [0.5, 0.6) is 5.88 Å². The Bertz CT molecular complexity index is 379. The van der Waals surface area contributed by atoms with Crippen LogP contribution >= 0.6 is 0 Å². The van der Waals surface area contributed by atoms with E-state index in [1.807, 2.05) is 19.1 Å². The molecule has 4 nitrogen and oxygen atoms in total. The first-order chi connectivity index (χ1) is 8.11. The van der Waals surface area contributed by atoms with Gasteiger partial charge in [-0.05, 0) is 32.3 Å². The summed E-state index contributed by atoms with van der Waals surface area (Å²) in [6, 6.07) is 3.93. The standard InChI is InChI=1S/C13H20N2O2/c1-13(16)5-3-8-15(9-6-13)11-4-7-14-12(10-11)17-2/h4,7,10,16H,3,5-6,8-9H2,1-2H3. The van der Waals surface area contributed by atoms with E-state index in [1.165, 1.54) is 0 Å². The summed E-state index contributed by atoms with van der Waals surface area (Å²) in [6.45, 7) is 3.77. The van der Waals surface area contributed by atoms with Crippen molar-refractivity contribution in [1.82, 2.24) is 4.98 Å². The molecular formula is C13H20N2O2. The van der Waals surface area contributed by atoms with Gasteiger partial charge in [0.2, 0.25) is 5.88 Å². The summed E-state index contributed by atoms with van der Waals surface area (Å²) in [5, 5.41) is 10.1. The molecule has 4 heteroatoms. The van der Waals surface area contributed by atoms with Crippen LogP contribution in [0.3, 0.4) is 0 Å². The van der Waals surface area contributed by atoms with Gasteiger partial charge in [-0.3, -0.25) is 0 Å². The van der Waals surface area contributed by atoms with Gasteiger partial charge in [0.1, 0.15) is 0 Å². The molecule has 1 atom stereocenters.